The summed E-state index contributed by atoms with van der Waals surface area (Å²) in [7, 11) is -19.3. The predicted molar refractivity (Wildman–Crippen MR) is 353 cm³/mol. The molecule has 94 heavy (non-hydrogen) atoms. The molecule has 0 atom stereocenters. The van der Waals surface area contributed by atoms with Crippen LogP contribution in [-0.4, -0.2) is 105 Å². The Hall–Kier alpha value is -8.88. The van der Waals surface area contributed by atoms with Crippen LogP contribution in [0.25, 0.3) is 12.2 Å². The summed E-state index contributed by atoms with van der Waals surface area (Å²) in [4.78, 5) is 43.0. The van der Waals surface area contributed by atoms with Gasteiger partial charge in [-0.05, 0) is 140 Å². The number of benzene rings is 6. The third-order valence-corrected chi connectivity index (χ3v) is 18.0. The molecule has 500 valence electrons. The Morgan fingerprint density at radius 3 is 0.904 bits per heavy atom. The van der Waals surface area contributed by atoms with E-state index in [1.165, 1.54) is 72.8 Å². The molecule has 0 saturated heterocycles. The van der Waals surface area contributed by atoms with Gasteiger partial charge >= 0.3 is 0 Å². The maximum Gasteiger partial charge on any atom is 0.295 e. The molecule has 0 spiro atoms. The lowest BCUT2D eigenvalue weighted by molar-refractivity contribution is 0.422. The van der Waals surface area contributed by atoms with Crippen LogP contribution in [0.3, 0.4) is 0 Å². The molecule has 0 fully saturated rings. The number of aromatic hydroxyl groups is 2. The third kappa shape index (κ3) is 18.5. The number of nitrogens with zero attached hydrogens (tertiary/aromatic N) is 6. The Morgan fingerprint density at radius 1 is 0.362 bits per heavy atom. The summed E-state index contributed by atoms with van der Waals surface area (Å²) in [6.07, 6.45) is 3.18. The molecule has 30 heteroatoms. The summed E-state index contributed by atoms with van der Waals surface area (Å²) < 4.78 is 141. The zero-order valence-electron chi connectivity index (χ0n) is 53.6. The zero-order chi connectivity index (χ0) is 69.3. The van der Waals surface area contributed by atoms with Gasteiger partial charge in [-0.1, -0.05) is 144 Å². The van der Waals surface area contributed by atoms with E-state index in [0.29, 0.717) is 12.8 Å². The highest BCUT2D eigenvalue weighted by molar-refractivity contribution is 7.86. The van der Waals surface area contributed by atoms with Crippen LogP contribution in [0, 0.1) is 0 Å². The van der Waals surface area contributed by atoms with Gasteiger partial charge in [-0.3, -0.25) is 58.1 Å². The van der Waals surface area contributed by atoms with Crippen molar-refractivity contribution in [2.24, 2.45) is 30.0 Å². The first-order chi connectivity index (χ1) is 43.4. The van der Waals surface area contributed by atoms with E-state index in [1.54, 1.807) is 0 Å². The molecule has 0 saturated carbocycles. The van der Waals surface area contributed by atoms with Gasteiger partial charge in [-0.2, -0.15) is 33.7 Å². The highest BCUT2D eigenvalue weighted by Crippen LogP contribution is 2.41. The standard InChI is InChI=1S/C64H76N12O14S4/c1-61(2,3)47-29-37(30-48(53(47)77)62(4,5)6)25-27-65-55-71-57(67-41-15-13-17-45(33-41)91(79,80)81)75-59(73-55)69-43-23-21-39(51(35-43)93(85,86)87)19-20-40-22-24-44(36-52(40)94(88,89)90)70-60-74-56(72-58(76-60)68-42-16-14-18-46(34-42)92(82,83)84)66-28-26-38-31-49(63(7,8)9)54(78)50(32-38)64(10,11)12/h13-24,29-36,77-78H,25-28H2,1-12H3,(H,79,80,81)(H,82,83,84)(H,85,86,87)(H,88,89,90)(H3,65,67,69,71,73,75)(H3,66,68,70,72,74,76)/b20-19+. The average molecular weight is 1370 g/mol. The number of phenolic OH excluding ortho intramolecular Hbond substituents is 2. The van der Waals surface area contributed by atoms with E-state index in [-0.39, 0.29) is 92.2 Å². The molecule has 8 aromatic rings. The molecule has 0 unspecified atom stereocenters. The number of H-pyrrole nitrogens is 6. The smallest absolute Gasteiger partial charge is 0.295 e. The molecule has 0 radical (unpaired) electrons. The van der Waals surface area contributed by atoms with Crippen LogP contribution < -0.4 is 33.7 Å². The normalized spacial score (nSPS) is 14.5. The van der Waals surface area contributed by atoms with Gasteiger partial charge in [0, 0.05) is 13.1 Å². The molecule has 8 rings (SSSR count). The second kappa shape index (κ2) is 26.9. The maximum atomic E-state index is 13.1. The second-order valence-electron chi connectivity index (χ2n) is 26.3. The van der Waals surface area contributed by atoms with E-state index in [1.807, 2.05) is 107 Å². The second-order valence-corrected chi connectivity index (χ2v) is 31.9. The fraction of sp³-hybridized carbons (Fsp3) is 0.312. The van der Waals surface area contributed by atoms with Gasteiger partial charge in [0.05, 0.1) is 32.5 Å². The number of rotatable bonds is 16. The molecular weight excluding hydrogens is 1290 g/mol. The lowest BCUT2D eigenvalue weighted by Gasteiger charge is -2.28. The lowest BCUT2D eigenvalue weighted by atomic mass is 9.78. The van der Waals surface area contributed by atoms with Crippen molar-refractivity contribution in [3.05, 3.63) is 187 Å². The van der Waals surface area contributed by atoms with E-state index >= 15 is 0 Å². The van der Waals surface area contributed by atoms with Crippen molar-refractivity contribution in [1.29, 1.82) is 0 Å². The highest BCUT2D eigenvalue weighted by Gasteiger charge is 2.28. The third-order valence-electron chi connectivity index (χ3n) is 14.5. The van der Waals surface area contributed by atoms with Crippen LogP contribution in [0.5, 0.6) is 11.5 Å². The number of aromatic nitrogens is 6. The minimum absolute atomic E-state index is 0.0367. The first-order valence-corrected chi connectivity index (χ1v) is 35.0. The maximum absolute atomic E-state index is 13.1. The van der Waals surface area contributed by atoms with E-state index in [2.05, 4.69) is 49.9 Å². The minimum atomic E-state index is -5.06. The van der Waals surface area contributed by atoms with Crippen LogP contribution in [0.15, 0.2) is 159 Å². The first-order valence-electron chi connectivity index (χ1n) is 29.2. The molecule has 0 amide bonds. The molecule has 2 heterocycles. The summed E-state index contributed by atoms with van der Waals surface area (Å²) in [6, 6.07) is 25.4. The molecule has 0 aliphatic rings. The molecule has 6 aromatic carbocycles. The summed E-state index contributed by atoms with van der Waals surface area (Å²) in [6.45, 7) is 24.4. The SMILES string of the molecule is CC(C)(C)c1cc(CCN=c2[nH]c(=Nc3cccc(S(=O)(=O)O)c3)[nH]c(=Nc3ccc(/C=C/c4ccc(N=c5[nH]c(=NCCc6cc(C(C)(C)C)c(O)c(C(C)(C)C)c6)[nH]c(=Nc6cccc(S(=O)(=O)O)c6)[nH]5)cc4S(=O)(=O)O)c(S(=O)(=O)O)c3)[nH]2)cc(C(C)(C)C)c1O. The van der Waals surface area contributed by atoms with Gasteiger partial charge in [0.15, 0.2) is 0 Å². The summed E-state index contributed by atoms with van der Waals surface area (Å²) in [5, 5.41) is 22.6. The molecule has 0 aliphatic heterocycles. The number of nitrogens with one attached hydrogen (secondary N) is 6. The van der Waals surface area contributed by atoms with Crippen LogP contribution in [0.4, 0.5) is 22.7 Å². The van der Waals surface area contributed by atoms with E-state index < -0.39 is 81.7 Å². The molecule has 26 nitrogen and oxygen atoms in total. The van der Waals surface area contributed by atoms with Gasteiger partial charge in [0.2, 0.25) is 33.7 Å². The predicted octanol–water partition coefficient (Wildman–Crippen LogP) is 8.63. The van der Waals surface area contributed by atoms with Crippen LogP contribution >= 0.6 is 0 Å². The van der Waals surface area contributed by atoms with E-state index in [0.717, 1.165) is 57.6 Å². The van der Waals surface area contributed by atoms with Crippen LogP contribution in [0.1, 0.15) is 128 Å². The number of hydrogen-bond acceptors (Lipinski definition) is 16. The van der Waals surface area contributed by atoms with Crippen molar-refractivity contribution < 1.29 is 62.1 Å². The monoisotopic (exact) mass is 1360 g/mol. The van der Waals surface area contributed by atoms with Crippen molar-refractivity contribution in [2.45, 2.75) is 137 Å². The average Bonchev–Trinajstić information content (AvgIpc) is 0.801. The van der Waals surface area contributed by atoms with Crippen molar-refractivity contribution in [2.75, 3.05) is 13.1 Å². The molecule has 0 bridgehead atoms. The van der Waals surface area contributed by atoms with Gasteiger partial charge in [-0.15, -0.1) is 0 Å². The Bertz CT molecular complexity index is 4850. The topological polar surface area (TPSA) is 427 Å². The van der Waals surface area contributed by atoms with Gasteiger partial charge in [-0.25, -0.2) is 20.0 Å². The summed E-state index contributed by atoms with van der Waals surface area (Å²) in [5.74, 6) is 0.437. The molecular formula is C64H76N12O14S4. The fourth-order valence-corrected chi connectivity index (χ4v) is 12.3. The lowest BCUT2D eigenvalue weighted by Crippen LogP contribution is -2.37. The van der Waals surface area contributed by atoms with Crippen molar-refractivity contribution >= 4 is 75.4 Å². The molecule has 2 aromatic heterocycles. The Balaban J connectivity index is 1.18. The van der Waals surface area contributed by atoms with Gasteiger partial charge in [0.25, 0.3) is 40.5 Å². The van der Waals surface area contributed by atoms with Crippen molar-refractivity contribution in [1.82, 2.24) is 29.9 Å². The summed E-state index contributed by atoms with van der Waals surface area (Å²) in [5.41, 5.74) is 2.98. The van der Waals surface area contributed by atoms with Gasteiger partial charge < -0.3 is 10.2 Å². The van der Waals surface area contributed by atoms with Crippen molar-refractivity contribution in [3.8, 4) is 11.5 Å². The van der Waals surface area contributed by atoms with E-state index in [4.69, 9.17) is 9.98 Å². The fourth-order valence-electron chi connectivity index (χ4n) is 9.83. The van der Waals surface area contributed by atoms with Crippen LogP contribution in [0.2, 0.25) is 0 Å². The van der Waals surface area contributed by atoms with Crippen LogP contribution in [-0.2, 0) is 75.0 Å². The number of hydrogen-bond donors (Lipinski definition) is 12. The largest absolute Gasteiger partial charge is 0.507 e. The summed E-state index contributed by atoms with van der Waals surface area (Å²) >= 11 is 0. The quantitative estimate of drug-likeness (QED) is 0.0318. The van der Waals surface area contributed by atoms with Crippen molar-refractivity contribution in [3.63, 3.8) is 0 Å². The van der Waals surface area contributed by atoms with E-state index in [9.17, 15) is 62.1 Å². The minimum Gasteiger partial charge on any atom is -0.507 e. The first kappa shape index (κ1) is 71.0. The Labute approximate surface area is 543 Å². The Morgan fingerprint density at radius 2 is 0.638 bits per heavy atom. The number of phenols is 2. The highest BCUT2D eigenvalue weighted by atomic mass is 32.2. The van der Waals surface area contributed by atoms with Gasteiger partial charge in [0.1, 0.15) is 21.3 Å². The number of aromatic amines is 6. The molecule has 12 N–H and O–H groups in total. The Kier molecular flexibility index (Phi) is 20.3. The zero-order valence-corrected chi connectivity index (χ0v) is 56.9. The molecule has 0 aliphatic carbocycles.